The molecule has 1 aliphatic carbocycles. The van der Waals surface area contributed by atoms with Crippen LogP contribution in [0.25, 0.3) is 0 Å². The Morgan fingerprint density at radius 1 is 0.978 bits per heavy atom. The van der Waals surface area contributed by atoms with Gasteiger partial charge in [-0.3, -0.25) is 0 Å². The average molecular weight is 608 g/mol. The molecule has 1 atom stereocenters. The van der Waals surface area contributed by atoms with Crippen LogP contribution in [-0.2, 0) is 6.42 Å². The van der Waals surface area contributed by atoms with Crippen molar-refractivity contribution in [2.24, 2.45) is 0 Å². The lowest BCUT2D eigenvalue weighted by molar-refractivity contribution is 0.541. The topological polar surface area (TPSA) is 12.0 Å². The number of benzene rings is 1. The Morgan fingerprint density at radius 2 is 1.78 bits per heavy atom. The van der Waals surface area contributed by atoms with Crippen molar-refractivity contribution in [3.63, 3.8) is 0 Å². The molecular weight excluding hydrogens is 555 g/mol. The summed E-state index contributed by atoms with van der Waals surface area (Å²) >= 11 is 0. The van der Waals surface area contributed by atoms with Gasteiger partial charge >= 0.3 is 0 Å². The van der Waals surface area contributed by atoms with Crippen molar-refractivity contribution in [2.75, 3.05) is 0 Å². The molecule has 0 aromatic heterocycles. The summed E-state index contributed by atoms with van der Waals surface area (Å²) < 4.78 is 0. The van der Waals surface area contributed by atoms with Crippen LogP contribution in [0.1, 0.15) is 77.0 Å². The van der Waals surface area contributed by atoms with Crippen molar-refractivity contribution in [1.29, 1.82) is 0 Å². The maximum Gasteiger partial charge on any atom is 0.0511 e. The van der Waals surface area contributed by atoms with Crippen LogP contribution >= 0.6 is 0 Å². The third-order valence-electron chi connectivity index (χ3n) is 8.24. The van der Waals surface area contributed by atoms with Crippen LogP contribution in [0.15, 0.2) is 192 Å². The lowest BCUT2D eigenvalue weighted by Crippen LogP contribution is -2.21. The molecule has 0 spiro atoms. The zero-order chi connectivity index (χ0) is 33.1. The van der Waals surface area contributed by atoms with Crippen molar-refractivity contribution in [3.05, 3.63) is 203 Å². The van der Waals surface area contributed by atoms with Gasteiger partial charge < -0.3 is 5.32 Å². The van der Waals surface area contributed by atoms with Gasteiger partial charge in [-0.25, -0.2) is 0 Å². The standard InChI is InChI=1S/C45H53N/c1-8-13-25-37(11-4)41-30-31-44(46-34-41)40-28-22-24-36(33-40)32-38(12-5)43(23-10-3)45(42(35(6)7)29-14-9-2)39-26-20-18-16-15-17-19-21-27-39/h8-11,13-18,21-29,33-34,44,46H,2,4,6,12,19-20,30-32H2,1,3,5,7H3/b13-8-,17-15-,18-16-,23-10-,27-21?,29-14-,37-25+,39-26+,43-38-,45-42-. The van der Waals surface area contributed by atoms with Gasteiger partial charge in [-0.1, -0.05) is 159 Å². The van der Waals surface area contributed by atoms with Crippen molar-refractivity contribution < 1.29 is 0 Å². The van der Waals surface area contributed by atoms with Gasteiger partial charge in [0.15, 0.2) is 0 Å². The van der Waals surface area contributed by atoms with Crippen molar-refractivity contribution in [2.45, 2.75) is 72.3 Å². The Bertz CT molecular complexity index is 1580. The van der Waals surface area contributed by atoms with Gasteiger partial charge in [-0.05, 0) is 104 Å². The fourth-order valence-electron chi connectivity index (χ4n) is 5.87. The minimum Gasteiger partial charge on any atom is -0.384 e. The Hall–Kier alpha value is -4.62. The van der Waals surface area contributed by atoms with Crippen LogP contribution in [0.3, 0.4) is 0 Å². The summed E-state index contributed by atoms with van der Waals surface area (Å²) in [5.41, 5.74) is 12.4. The summed E-state index contributed by atoms with van der Waals surface area (Å²) in [5, 5.41) is 3.69. The summed E-state index contributed by atoms with van der Waals surface area (Å²) in [4.78, 5) is 0. The molecule has 0 bridgehead atoms. The van der Waals surface area contributed by atoms with E-state index in [-0.39, 0.29) is 6.04 Å². The highest BCUT2D eigenvalue weighted by molar-refractivity contribution is 5.65. The van der Waals surface area contributed by atoms with E-state index in [1.165, 1.54) is 44.6 Å². The smallest absolute Gasteiger partial charge is 0.0511 e. The van der Waals surface area contributed by atoms with Crippen LogP contribution in [0.2, 0.25) is 0 Å². The van der Waals surface area contributed by atoms with Gasteiger partial charge in [0.25, 0.3) is 0 Å². The van der Waals surface area contributed by atoms with E-state index in [9.17, 15) is 0 Å². The molecule has 1 heterocycles. The van der Waals surface area contributed by atoms with Gasteiger partial charge in [-0.2, -0.15) is 0 Å². The summed E-state index contributed by atoms with van der Waals surface area (Å²) in [7, 11) is 0. The lowest BCUT2D eigenvalue weighted by atomic mass is 9.83. The molecule has 1 unspecified atom stereocenters. The summed E-state index contributed by atoms with van der Waals surface area (Å²) in [6.45, 7) is 20.9. The average Bonchev–Trinajstić information content (AvgIpc) is 3.08. The van der Waals surface area contributed by atoms with E-state index in [1.807, 2.05) is 31.2 Å². The zero-order valence-corrected chi connectivity index (χ0v) is 28.6. The summed E-state index contributed by atoms with van der Waals surface area (Å²) in [5.74, 6) is 0. The van der Waals surface area contributed by atoms with Crippen LogP contribution < -0.4 is 5.32 Å². The number of hydrogen-bond donors (Lipinski definition) is 1. The number of allylic oxidation sites excluding steroid dienone is 24. The first-order chi connectivity index (χ1) is 22.5. The Balaban J connectivity index is 2.10. The molecule has 238 valence electrons. The van der Waals surface area contributed by atoms with Crippen LogP contribution in [-0.4, -0.2) is 0 Å². The number of nitrogens with one attached hydrogen (secondary N) is 1. The molecule has 0 radical (unpaired) electrons. The molecule has 2 aliphatic rings. The first kappa shape index (κ1) is 35.9. The van der Waals surface area contributed by atoms with Crippen molar-refractivity contribution >= 4 is 0 Å². The number of hydrogen-bond acceptors (Lipinski definition) is 1. The SMILES string of the molecule is C=C\C=C/C(C(=C)C)=C(C(/C=C\C)=C(/CC)Cc1cccc(C2CCC(/C(C=C)=C/C=C\C)=CN2)c1)\C1=C\C/C=C\C=C/CC=C1. The Morgan fingerprint density at radius 3 is 2.43 bits per heavy atom. The first-order valence-corrected chi connectivity index (χ1v) is 16.7. The van der Waals surface area contributed by atoms with Crippen LogP contribution in [0.5, 0.6) is 0 Å². The summed E-state index contributed by atoms with van der Waals surface area (Å²) in [6.07, 6.45) is 42.0. The molecule has 0 fully saturated rings. The van der Waals surface area contributed by atoms with E-state index < -0.39 is 0 Å². The molecule has 1 aromatic carbocycles. The minimum atomic E-state index is 0.287. The Kier molecular flexibility index (Phi) is 15.4. The fraction of sp³-hybridized carbons (Fsp3) is 0.244. The maximum absolute atomic E-state index is 4.42. The Labute approximate surface area is 280 Å². The van der Waals surface area contributed by atoms with Gasteiger partial charge in [0.2, 0.25) is 0 Å². The van der Waals surface area contributed by atoms with Crippen LogP contribution in [0, 0.1) is 0 Å². The quantitative estimate of drug-likeness (QED) is 0.220. The molecule has 1 nitrogen and oxygen atoms in total. The third kappa shape index (κ3) is 10.5. The molecule has 0 saturated heterocycles. The monoisotopic (exact) mass is 607 g/mol. The predicted molar refractivity (Wildman–Crippen MR) is 204 cm³/mol. The highest BCUT2D eigenvalue weighted by Crippen LogP contribution is 2.35. The highest BCUT2D eigenvalue weighted by Gasteiger charge is 2.19. The predicted octanol–water partition coefficient (Wildman–Crippen LogP) is 12.5. The molecule has 1 aromatic rings. The first-order valence-electron chi connectivity index (χ1n) is 16.7. The normalized spacial score (nSPS) is 21.1. The van der Waals surface area contributed by atoms with Gasteiger partial charge in [0.1, 0.15) is 0 Å². The second kappa shape index (κ2) is 19.7. The third-order valence-corrected chi connectivity index (χ3v) is 8.24. The second-order valence-corrected chi connectivity index (χ2v) is 11.6. The van der Waals surface area contributed by atoms with Gasteiger partial charge in [-0.15, -0.1) is 0 Å². The second-order valence-electron chi connectivity index (χ2n) is 11.6. The van der Waals surface area contributed by atoms with Crippen molar-refractivity contribution in [1.82, 2.24) is 5.32 Å². The fourth-order valence-corrected chi connectivity index (χ4v) is 5.87. The maximum atomic E-state index is 4.42. The highest BCUT2D eigenvalue weighted by atomic mass is 14.9. The van der Waals surface area contributed by atoms with E-state index in [2.05, 4.69) is 149 Å². The van der Waals surface area contributed by atoms with Gasteiger partial charge in [0, 0.05) is 6.20 Å². The van der Waals surface area contributed by atoms with E-state index >= 15 is 0 Å². The molecule has 3 rings (SSSR count). The van der Waals surface area contributed by atoms with Crippen molar-refractivity contribution in [3.8, 4) is 0 Å². The number of rotatable bonds is 13. The minimum absolute atomic E-state index is 0.287. The molecule has 0 amide bonds. The molecular formula is C45H53N. The summed E-state index contributed by atoms with van der Waals surface area (Å²) in [6, 6.07) is 9.42. The molecule has 0 saturated carbocycles. The molecule has 1 N–H and O–H groups in total. The van der Waals surface area contributed by atoms with E-state index in [0.717, 1.165) is 49.7 Å². The largest absolute Gasteiger partial charge is 0.384 e. The molecule has 46 heavy (non-hydrogen) atoms. The zero-order valence-electron chi connectivity index (χ0n) is 28.6. The molecule has 1 aliphatic heterocycles. The van der Waals surface area contributed by atoms with E-state index in [1.54, 1.807) is 0 Å². The van der Waals surface area contributed by atoms with E-state index in [4.69, 9.17) is 0 Å². The van der Waals surface area contributed by atoms with Gasteiger partial charge in [0.05, 0.1) is 6.04 Å². The van der Waals surface area contributed by atoms with E-state index in [0.29, 0.717) is 0 Å². The van der Waals surface area contributed by atoms with Crippen LogP contribution in [0.4, 0.5) is 0 Å². The molecule has 1 heteroatoms. The lowest BCUT2D eigenvalue weighted by Gasteiger charge is -2.25.